The minimum absolute atomic E-state index is 0.223. The van der Waals surface area contributed by atoms with E-state index in [1.165, 1.54) is 11.3 Å². The average molecular weight is 349 g/mol. The van der Waals surface area contributed by atoms with Crippen LogP contribution in [0.2, 0.25) is 0 Å². The van der Waals surface area contributed by atoms with Gasteiger partial charge in [0.2, 0.25) is 0 Å². The van der Waals surface area contributed by atoms with Gasteiger partial charge in [-0.1, -0.05) is 30.3 Å². The zero-order valence-electron chi connectivity index (χ0n) is 13.5. The fourth-order valence-electron chi connectivity index (χ4n) is 2.55. The van der Waals surface area contributed by atoms with Gasteiger partial charge < -0.3 is 0 Å². The minimum Gasteiger partial charge on any atom is -0.298 e. The number of amides is 1. The van der Waals surface area contributed by atoms with Crippen molar-refractivity contribution in [3.8, 4) is 0 Å². The van der Waals surface area contributed by atoms with E-state index in [9.17, 15) is 4.79 Å². The number of benzene rings is 1. The first-order chi connectivity index (χ1) is 12.2. The Labute approximate surface area is 148 Å². The predicted molar refractivity (Wildman–Crippen MR) is 97.9 cm³/mol. The van der Waals surface area contributed by atoms with Crippen LogP contribution in [0.1, 0.15) is 20.8 Å². The molecule has 25 heavy (non-hydrogen) atoms. The Balaban J connectivity index is 1.57. The summed E-state index contributed by atoms with van der Waals surface area (Å²) in [5.41, 5.74) is 2.39. The van der Waals surface area contributed by atoms with Gasteiger partial charge in [-0.15, -0.1) is 11.3 Å². The molecule has 0 bridgehead atoms. The van der Waals surface area contributed by atoms with E-state index < -0.39 is 0 Å². The van der Waals surface area contributed by atoms with E-state index in [1.54, 1.807) is 24.7 Å². The minimum atomic E-state index is -0.223. The van der Waals surface area contributed by atoms with Crippen molar-refractivity contribution in [2.24, 2.45) is 0 Å². The van der Waals surface area contributed by atoms with E-state index in [4.69, 9.17) is 0 Å². The number of rotatable bonds is 4. The first-order valence-corrected chi connectivity index (χ1v) is 8.60. The Bertz CT molecular complexity index is 1040. The molecule has 0 aliphatic heterocycles. The topological polar surface area (TPSA) is 72.7 Å². The summed E-state index contributed by atoms with van der Waals surface area (Å²) in [6, 6.07) is 11.9. The number of anilines is 1. The number of aromatic nitrogens is 4. The van der Waals surface area contributed by atoms with E-state index in [1.807, 2.05) is 41.9 Å². The summed E-state index contributed by atoms with van der Waals surface area (Å²) >= 11 is 1.44. The third-order valence-corrected chi connectivity index (χ3v) is 4.58. The molecule has 3 heterocycles. The van der Waals surface area contributed by atoms with Gasteiger partial charge in [-0.25, -0.2) is 14.6 Å². The lowest BCUT2D eigenvalue weighted by Gasteiger charge is -2.04. The number of hydrogen-bond acceptors (Lipinski definition) is 5. The van der Waals surface area contributed by atoms with Gasteiger partial charge in [0.25, 0.3) is 5.91 Å². The van der Waals surface area contributed by atoms with Crippen molar-refractivity contribution in [3.63, 3.8) is 0 Å². The Morgan fingerprint density at radius 2 is 2.00 bits per heavy atom. The maximum Gasteiger partial charge on any atom is 0.259 e. The van der Waals surface area contributed by atoms with Crippen molar-refractivity contribution >= 4 is 33.4 Å². The van der Waals surface area contributed by atoms with Gasteiger partial charge >= 0.3 is 0 Å². The van der Waals surface area contributed by atoms with E-state index >= 15 is 0 Å². The van der Waals surface area contributed by atoms with Crippen molar-refractivity contribution in [1.29, 1.82) is 0 Å². The number of nitrogens with one attached hydrogen (secondary N) is 1. The van der Waals surface area contributed by atoms with Crippen LogP contribution in [0.5, 0.6) is 0 Å². The van der Waals surface area contributed by atoms with Gasteiger partial charge in [0.1, 0.15) is 0 Å². The number of thiazole rings is 1. The van der Waals surface area contributed by atoms with Crippen LogP contribution in [0.4, 0.5) is 5.13 Å². The van der Waals surface area contributed by atoms with Crippen molar-refractivity contribution in [2.75, 3.05) is 5.32 Å². The third-order valence-electron chi connectivity index (χ3n) is 3.75. The van der Waals surface area contributed by atoms with Crippen LogP contribution in [0.25, 0.3) is 11.0 Å². The van der Waals surface area contributed by atoms with Gasteiger partial charge in [-0.3, -0.25) is 10.1 Å². The second kappa shape index (κ2) is 6.45. The number of fused-ring (bicyclic) bond motifs is 1. The molecule has 4 rings (SSSR count). The van der Waals surface area contributed by atoms with Gasteiger partial charge in [-0.05, 0) is 18.6 Å². The predicted octanol–water partition coefficient (Wildman–Crippen LogP) is 3.50. The van der Waals surface area contributed by atoms with Crippen LogP contribution < -0.4 is 5.32 Å². The molecule has 1 amide bonds. The molecule has 0 saturated heterocycles. The van der Waals surface area contributed by atoms with Crippen LogP contribution >= 0.6 is 11.3 Å². The molecule has 7 heteroatoms. The van der Waals surface area contributed by atoms with Crippen LogP contribution in [-0.4, -0.2) is 25.7 Å². The largest absolute Gasteiger partial charge is 0.298 e. The number of carbonyl (C=O) groups is 1. The fraction of sp³-hybridized carbons (Fsp3) is 0.111. The normalized spacial score (nSPS) is 10.9. The van der Waals surface area contributed by atoms with Gasteiger partial charge in [-0.2, -0.15) is 5.10 Å². The molecule has 124 valence electrons. The Hall–Kier alpha value is -3.06. The Morgan fingerprint density at radius 3 is 2.76 bits per heavy atom. The monoisotopic (exact) mass is 349 g/mol. The number of pyridine rings is 1. The van der Waals surface area contributed by atoms with E-state index in [0.29, 0.717) is 17.2 Å². The van der Waals surface area contributed by atoms with Crippen molar-refractivity contribution in [3.05, 3.63) is 71.0 Å². The molecular formula is C18H15N5OS. The van der Waals surface area contributed by atoms with Crippen molar-refractivity contribution in [1.82, 2.24) is 19.7 Å². The summed E-state index contributed by atoms with van der Waals surface area (Å²) in [7, 11) is 0. The lowest BCUT2D eigenvalue weighted by molar-refractivity contribution is 0.102. The SMILES string of the molecule is Cc1cnc(NC(=O)c2cnc3c(cnn3Cc3ccccc3)c2)s1. The highest BCUT2D eigenvalue weighted by atomic mass is 32.1. The smallest absolute Gasteiger partial charge is 0.259 e. The fourth-order valence-corrected chi connectivity index (χ4v) is 3.21. The second-order valence-electron chi connectivity index (χ2n) is 5.65. The van der Waals surface area contributed by atoms with Gasteiger partial charge in [0.15, 0.2) is 10.8 Å². The maximum atomic E-state index is 12.4. The second-order valence-corrected chi connectivity index (χ2v) is 6.89. The van der Waals surface area contributed by atoms with Crippen LogP contribution in [-0.2, 0) is 6.54 Å². The third kappa shape index (κ3) is 3.27. The molecule has 0 aliphatic carbocycles. The average Bonchev–Trinajstić information content (AvgIpc) is 3.22. The highest BCUT2D eigenvalue weighted by molar-refractivity contribution is 7.15. The summed E-state index contributed by atoms with van der Waals surface area (Å²) in [6.45, 7) is 2.59. The molecule has 0 atom stereocenters. The van der Waals surface area contributed by atoms with E-state index in [2.05, 4.69) is 20.4 Å². The molecule has 1 N–H and O–H groups in total. The summed E-state index contributed by atoms with van der Waals surface area (Å²) in [6.07, 6.45) is 5.03. The summed E-state index contributed by atoms with van der Waals surface area (Å²) < 4.78 is 1.83. The summed E-state index contributed by atoms with van der Waals surface area (Å²) in [5.74, 6) is -0.223. The lowest BCUT2D eigenvalue weighted by Crippen LogP contribution is -2.12. The molecule has 0 fully saturated rings. The molecule has 0 radical (unpaired) electrons. The van der Waals surface area contributed by atoms with E-state index in [0.717, 1.165) is 21.5 Å². The highest BCUT2D eigenvalue weighted by Crippen LogP contribution is 2.19. The standard InChI is InChI=1S/C18H15N5OS/c1-12-8-20-18(25-12)22-17(24)15-7-14-10-21-23(16(14)19-9-15)11-13-5-3-2-4-6-13/h2-10H,11H2,1H3,(H,20,22,24). The number of nitrogens with zero attached hydrogens (tertiary/aromatic N) is 4. The zero-order valence-corrected chi connectivity index (χ0v) is 14.3. The van der Waals surface area contributed by atoms with Crippen molar-refractivity contribution in [2.45, 2.75) is 13.5 Å². The molecule has 0 aliphatic rings. The molecular weight excluding hydrogens is 334 g/mol. The summed E-state index contributed by atoms with van der Waals surface area (Å²) in [5, 5.41) is 8.60. The van der Waals surface area contributed by atoms with Gasteiger partial charge in [0, 0.05) is 22.7 Å². The van der Waals surface area contributed by atoms with Crippen LogP contribution in [0.3, 0.4) is 0 Å². The number of carbonyl (C=O) groups excluding carboxylic acids is 1. The maximum absolute atomic E-state index is 12.4. The Kier molecular flexibility index (Phi) is 3.99. The highest BCUT2D eigenvalue weighted by Gasteiger charge is 2.12. The molecule has 0 saturated carbocycles. The number of aryl methyl sites for hydroxylation is 1. The summed E-state index contributed by atoms with van der Waals surface area (Å²) in [4.78, 5) is 22.0. The molecule has 3 aromatic heterocycles. The lowest BCUT2D eigenvalue weighted by atomic mass is 10.2. The van der Waals surface area contributed by atoms with Gasteiger partial charge in [0.05, 0.1) is 18.3 Å². The quantitative estimate of drug-likeness (QED) is 0.612. The van der Waals surface area contributed by atoms with Crippen LogP contribution in [0, 0.1) is 6.92 Å². The zero-order chi connectivity index (χ0) is 17.2. The molecule has 0 spiro atoms. The van der Waals surface area contributed by atoms with Crippen LogP contribution in [0.15, 0.2) is 55.0 Å². The first-order valence-electron chi connectivity index (χ1n) is 7.78. The first kappa shape index (κ1) is 15.5. The Morgan fingerprint density at radius 1 is 1.16 bits per heavy atom. The van der Waals surface area contributed by atoms with Crippen molar-refractivity contribution < 1.29 is 4.79 Å². The molecule has 6 nitrogen and oxygen atoms in total. The number of hydrogen-bond donors (Lipinski definition) is 1. The molecule has 0 unspecified atom stereocenters. The molecule has 1 aromatic carbocycles. The van der Waals surface area contributed by atoms with E-state index in [-0.39, 0.29) is 5.91 Å². The molecule has 4 aromatic rings.